The molecule has 2 aromatic heterocycles. The highest BCUT2D eigenvalue weighted by Gasteiger charge is 2.24. The molecule has 0 atom stereocenters. The third-order valence-corrected chi connectivity index (χ3v) is 4.69. The molecule has 0 aliphatic heterocycles. The molecular formula is C20H20N4O2. The van der Waals surface area contributed by atoms with Gasteiger partial charge in [-0.05, 0) is 37.1 Å². The number of nitrogens with zero attached hydrogens (tertiary/aromatic N) is 2. The second-order valence-corrected chi connectivity index (χ2v) is 6.51. The zero-order valence-corrected chi connectivity index (χ0v) is 14.3. The quantitative estimate of drug-likeness (QED) is 0.760. The molecule has 26 heavy (non-hydrogen) atoms. The molecule has 6 heteroatoms. The van der Waals surface area contributed by atoms with E-state index < -0.39 is 0 Å². The summed E-state index contributed by atoms with van der Waals surface area (Å²) < 4.78 is 1.65. The Kier molecular flexibility index (Phi) is 4.39. The van der Waals surface area contributed by atoms with Crippen LogP contribution in [0.3, 0.4) is 0 Å². The van der Waals surface area contributed by atoms with Crippen molar-refractivity contribution < 1.29 is 9.59 Å². The molecule has 1 fully saturated rings. The minimum absolute atomic E-state index is 0.195. The summed E-state index contributed by atoms with van der Waals surface area (Å²) >= 11 is 0. The van der Waals surface area contributed by atoms with Gasteiger partial charge >= 0.3 is 0 Å². The van der Waals surface area contributed by atoms with Gasteiger partial charge in [-0.15, -0.1) is 0 Å². The van der Waals surface area contributed by atoms with Crippen LogP contribution in [0.1, 0.15) is 46.8 Å². The molecule has 1 aromatic carbocycles. The first-order valence-corrected chi connectivity index (χ1v) is 8.87. The predicted molar refractivity (Wildman–Crippen MR) is 99.3 cm³/mol. The van der Waals surface area contributed by atoms with Crippen LogP contribution in [0.2, 0.25) is 0 Å². The largest absolute Gasteiger partial charge is 0.348 e. The Morgan fingerprint density at radius 3 is 2.46 bits per heavy atom. The molecule has 6 nitrogen and oxygen atoms in total. The van der Waals surface area contributed by atoms with Crippen molar-refractivity contribution >= 4 is 23.0 Å². The predicted octanol–water partition coefficient (Wildman–Crippen LogP) is 3.26. The number of anilines is 1. The molecule has 2 N–H and O–H groups in total. The average Bonchev–Trinajstić information content (AvgIpc) is 3.30. The van der Waals surface area contributed by atoms with E-state index >= 15 is 0 Å². The van der Waals surface area contributed by atoms with Crippen molar-refractivity contribution in [3.8, 4) is 0 Å². The number of para-hydroxylation sites is 1. The lowest BCUT2D eigenvalue weighted by Crippen LogP contribution is -2.33. The fourth-order valence-corrected chi connectivity index (χ4v) is 3.40. The molecule has 1 aliphatic carbocycles. The van der Waals surface area contributed by atoms with Gasteiger partial charge in [-0.25, -0.2) is 4.98 Å². The van der Waals surface area contributed by atoms with E-state index in [0.717, 1.165) is 25.7 Å². The van der Waals surface area contributed by atoms with Gasteiger partial charge in [0, 0.05) is 17.9 Å². The highest BCUT2D eigenvalue weighted by molar-refractivity contribution is 6.06. The van der Waals surface area contributed by atoms with Crippen LogP contribution in [0.5, 0.6) is 0 Å². The molecule has 0 radical (unpaired) electrons. The van der Waals surface area contributed by atoms with Gasteiger partial charge < -0.3 is 10.6 Å². The summed E-state index contributed by atoms with van der Waals surface area (Å²) in [5, 5.41) is 5.86. The van der Waals surface area contributed by atoms with Crippen LogP contribution < -0.4 is 10.6 Å². The summed E-state index contributed by atoms with van der Waals surface area (Å²) in [5.41, 5.74) is 1.60. The highest BCUT2D eigenvalue weighted by atomic mass is 16.2. The van der Waals surface area contributed by atoms with Crippen molar-refractivity contribution in [2.45, 2.75) is 31.7 Å². The number of pyridine rings is 1. The number of hydrogen-bond acceptors (Lipinski definition) is 3. The minimum atomic E-state index is -0.350. The summed E-state index contributed by atoms with van der Waals surface area (Å²) in [5.74, 6) is -0.377. The lowest BCUT2D eigenvalue weighted by atomic mass is 10.2. The summed E-state index contributed by atoms with van der Waals surface area (Å²) in [6, 6.07) is 14.8. The van der Waals surface area contributed by atoms with Crippen LogP contribution in [0, 0.1) is 0 Å². The molecule has 2 amide bonds. The SMILES string of the molecule is O=C(NC1CCCC1)c1nc(C(=O)Nc2ccccc2)n2ccccc12. The zero-order valence-electron chi connectivity index (χ0n) is 14.3. The normalized spacial score (nSPS) is 14.5. The second kappa shape index (κ2) is 7.00. The van der Waals surface area contributed by atoms with Crippen molar-refractivity contribution in [3.05, 3.63) is 66.2 Å². The smallest absolute Gasteiger partial charge is 0.292 e. The lowest BCUT2D eigenvalue weighted by molar-refractivity contribution is 0.0935. The highest BCUT2D eigenvalue weighted by Crippen LogP contribution is 2.20. The standard InChI is InChI=1S/C20H20N4O2/c25-19(21-14-10-4-5-11-14)17-16-12-6-7-13-24(16)18(23-17)20(26)22-15-8-2-1-3-9-15/h1-3,6-9,12-14H,4-5,10-11H2,(H,21,25)(H,22,26). The number of fused-ring (bicyclic) bond motifs is 1. The molecule has 0 saturated heterocycles. The fourth-order valence-electron chi connectivity index (χ4n) is 3.40. The summed E-state index contributed by atoms with van der Waals surface area (Å²) in [6.45, 7) is 0. The Labute approximate surface area is 151 Å². The number of amides is 2. The van der Waals surface area contributed by atoms with Gasteiger partial charge in [-0.2, -0.15) is 0 Å². The van der Waals surface area contributed by atoms with Gasteiger partial charge in [-0.1, -0.05) is 37.1 Å². The lowest BCUT2D eigenvalue weighted by Gasteiger charge is -2.10. The van der Waals surface area contributed by atoms with Gasteiger partial charge in [0.25, 0.3) is 11.8 Å². The number of rotatable bonds is 4. The maximum absolute atomic E-state index is 12.7. The number of carbonyl (C=O) groups excluding carboxylic acids is 2. The molecule has 2 heterocycles. The van der Waals surface area contributed by atoms with Crippen LogP contribution in [0.15, 0.2) is 54.7 Å². The van der Waals surface area contributed by atoms with E-state index in [1.807, 2.05) is 30.3 Å². The van der Waals surface area contributed by atoms with E-state index in [1.54, 1.807) is 28.8 Å². The number of hydrogen-bond donors (Lipinski definition) is 2. The van der Waals surface area contributed by atoms with E-state index in [4.69, 9.17) is 0 Å². The van der Waals surface area contributed by atoms with Crippen LogP contribution in [0.25, 0.3) is 5.52 Å². The van der Waals surface area contributed by atoms with Gasteiger partial charge in [0.2, 0.25) is 5.82 Å². The number of benzene rings is 1. The number of nitrogens with one attached hydrogen (secondary N) is 2. The van der Waals surface area contributed by atoms with E-state index in [2.05, 4.69) is 15.6 Å². The first-order chi connectivity index (χ1) is 12.7. The van der Waals surface area contributed by atoms with Gasteiger partial charge in [-0.3, -0.25) is 14.0 Å². The van der Waals surface area contributed by atoms with E-state index in [-0.39, 0.29) is 29.4 Å². The van der Waals surface area contributed by atoms with E-state index in [0.29, 0.717) is 11.2 Å². The Bertz CT molecular complexity index is 943. The maximum Gasteiger partial charge on any atom is 0.292 e. The van der Waals surface area contributed by atoms with Crippen molar-refractivity contribution in [2.24, 2.45) is 0 Å². The average molecular weight is 348 g/mol. The van der Waals surface area contributed by atoms with Crippen LogP contribution in [0.4, 0.5) is 5.69 Å². The van der Waals surface area contributed by atoms with E-state index in [9.17, 15) is 9.59 Å². The number of carbonyl (C=O) groups is 2. The Morgan fingerprint density at radius 1 is 0.962 bits per heavy atom. The molecule has 0 unspecified atom stereocenters. The first-order valence-electron chi connectivity index (χ1n) is 8.87. The molecule has 0 bridgehead atoms. The molecule has 4 rings (SSSR count). The molecule has 1 saturated carbocycles. The Hall–Kier alpha value is -3.15. The van der Waals surface area contributed by atoms with Crippen molar-refractivity contribution in [1.29, 1.82) is 0 Å². The molecule has 0 spiro atoms. The summed E-state index contributed by atoms with van der Waals surface area (Å²) in [4.78, 5) is 29.7. The minimum Gasteiger partial charge on any atom is -0.348 e. The zero-order chi connectivity index (χ0) is 17.9. The monoisotopic (exact) mass is 348 g/mol. The Balaban J connectivity index is 1.65. The van der Waals surface area contributed by atoms with Crippen LogP contribution in [-0.2, 0) is 0 Å². The first kappa shape index (κ1) is 16.3. The molecular weight excluding hydrogens is 328 g/mol. The number of aromatic nitrogens is 2. The van der Waals surface area contributed by atoms with Crippen molar-refractivity contribution in [3.63, 3.8) is 0 Å². The molecule has 132 valence electrons. The van der Waals surface area contributed by atoms with Crippen LogP contribution in [-0.4, -0.2) is 27.2 Å². The summed E-state index contributed by atoms with van der Waals surface area (Å²) in [7, 11) is 0. The maximum atomic E-state index is 12.7. The van der Waals surface area contributed by atoms with Gasteiger partial charge in [0.15, 0.2) is 5.69 Å². The topological polar surface area (TPSA) is 75.5 Å². The van der Waals surface area contributed by atoms with Gasteiger partial charge in [0.05, 0.1) is 5.52 Å². The van der Waals surface area contributed by atoms with Gasteiger partial charge in [0.1, 0.15) is 0 Å². The number of imidazole rings is 1. The second-order valence-electron chi connectivity index (χ2n) is 6.51. The van der Waals surface area contributed by atoms with Crippen LogP contribution >= 0.6 is 0 Å². The fraction of sp³-hybridized carbons (Fsp3) is 0.250. The van der Waals surface area contributed by atoms with Crippen molar-refractivity contribution in [1.82, 2.24) is 14.7 Å². The van der Waals surface area contributed by atoms with Crippen molar-refractivity contribution in [2.75, 3.05) is 5.32 Å². The Morgan fingerprint density at radius 2 is 1.69 bits per heavy atom. The summed E-state index contributed by atoms with van der Waals surface area (Å²) in [6.07, 6.45) is 6.02. The molecule has 3 aromatic rings. The molecule has 1 aliphatic rings. The third kappa shape index (κ3) is 3.18. The third-order valence-electron chi connectivity index (χ3n) is 4.69. The van der Waals surface area contributed by atoms with E-state index in [1.165, 1.54) is 0 Å².